The fourth-order valence-corrected chi connectivity index (χ4v) is 2.60. The van der Waals surface area contributed by atoms with Crippen LogP contribution < -0.4 is 5.32 Å². The van der Waals surface area contributed by atoms with Gasteiger partial charge in [-0.1, -0.05) is 42.8 Å². The van der Waals surface area contributed by atoms with Crippen molar-refractivity contribution in [2.24, 2.45) is 0 Å². The van der Waals surface area contributed by atoms with Crippen molar-refractivity contribution in [3.63, 3.8) is 0 Å². The molecule has 0 aliphatic heterocycles. The molecule has 1 heterocycles. The Bertz CT molecular complexity index is 730. The Hall–Kier alpha value is -2.13. The van der Waals surface area contributed by atoms with E-state index in [0.717, 1.165) is 28.8 Å². The SMILES string of the molecule is CCNC(c1cc2ccccc2o1)c1cc(C)ccc1F. The summed E-state index contributed by atoms with van der Waals surface area (Å²) in [5, 5.41) is 4.34. The third-order valence-corrected chi connectivity index (χ3v) is 3.60. The maximum atomic E-state index is 14.2. The highest BCUT2D eigenvalue weighted by molar-refractivity contribution is 5.78. The number of halogens is 1. The topological polar surface area (TPSA) is 25.2 Å². The Morgan fingerprint density at radius 3 is 2.71 bits per heavy atom. The second-order valence-corrected chi connectivity index (χ2v) is 5.20. The first-order valence-corrected chi connectivity index (χ1v) is 7.17. The highest BCUT2D eigenvalue weighted by Crippen LogP contribution is 2.30. The van der Waals surface area contributed by atoms with E-state index in [4.69, 9.17) is 4.42 Å². The van der Waals surface area contributed by atoms with Crippen molar-refractivity contribution in [2.75, 3.05) is 6.54 Å². The van der Waals surface area contributed by atoms with Crippen LogP contribution in [-0.2, 0) is 0 Å². The van der Waals surface area contributed by atoms with Gasteiger partial charge in [-0.2, -0.15) is 0 Å². The van der Waals surface area contributed by atoms with Crippen LogP contribution >= 0.6 is 0 Å². The van der Waals surface area contributed by atoms with E-state index in [9.17, 15) is 4.39 Å². The van der Waals surface area contributed by atoms with Gasteiger partial charge in [-0.05, 0) is 31.7 Å². The molecule has 1 N–H and O–H groups in total. The van der Waals surface area contributed by atoms with Crippen LogP contribution in [0, 0.1) is 12.7 Å². The molecule has 0 radical (unpaired) electrons. The molecule has 3 heteroatoms. The molecular weight excluding hydrogens is 265 g/mol. The smallest absolute Gasteiger partial charge is 0.134 e. The molecule has 1 aromatic heterocycles. The van der Waals surface area contributed by atoms with Crippen LogP contribution in [0.4, 0.5) is 4.39 Å². The normalized spacial score (nSPS) is 12.7. The summed E-state index contributed by atoms with van der Waals surface area (Å²) in [6.07, 6.45) is 0. The van der Waals surface area contributed by atoms with Crippen LogP contribution in [0.1, 0.15) is 29.9 Å². The van der Waals surface area contributed by atoms with E-state index in [1.807, 2.05) is 50.2 Å². The number of furan rings is 1. The maximum Gasteiger partial charge on any atom is 0.134 e. The quantitative estimate of drug-likeness (QED) is 0.758. The average molecular weight is 283 g/mol. The van der Waals surface area contributed by atoms with E-state index in [-0.39, 0.29) is 11.9 Å². The summed E-state index contributed by atoms with van der Waals surface area (Å²) in [5.74, 6) is 0.523. The summed E-state index contributed by atoms with van der Waals surface area (Å²) in [7, 11) is 0. The molecule has 0 aliphatic carbocycles. The van der Waals surface area contributed by atoms with Gasteiger partial charge in [0, 0.05) is 10.9 Å². The number of rotatable bonds is 4. The minimum absolute atomic E-state index is 0.216. The Labute approximate surface area is 123 Å². The summed E-state index contributed by atoms with van der Waals surface area (Å²) >= 11 is 0. The lowest BCUT2D eigenvalue weighted by molar-refractivity contribution is 0.462. The van der Waals surface area contributed by atoms with Crippen LogP contribution in [0.2, 0.25) is 0 Å². The summed E-state index contributed by atoms with van der Waals surface area (Å²) in [6.45, 7) is 4.70. The van der Waals surface area contributed by atoms with Crippen LogP contribution in [0.15, 0.2) is 52.9 Å². The lowest BCUT2D eigenvalue weighted by Gasteiger charge is -2.17. The third kappa shape index (κ3) is 2.69. The number of aryl methyl sites for hydroxylation is 1. The largest absolute Gasteiger partial charge is 0.459 e. The Kier molecular flexibility index (Phi) is 3.76. The van der Waals surface area contributed by atoms with E-state index in [1.54, 1.807) is 6.07 Å². The lowest BCUT2D eigenvalue weighted by atomic mass is 10.0. The highest BCUT2D eigenvalue weighted by atomic mass is 19.1. The predicted octanol–water partition coefficient (Wildman–Crippen LogP) is 4.58. The van der Waals surface area contributed by atoms with Crippen molar-refractivity contribution in [3.8, 4) is 0 Å². The van der Waals surface area contributed by atoms with Gasteiger partial charge in [0.1, 0.15) is 17.2 Å². The zero-order valence-electron chi connectivity index (χ0n) is 12.2. The maximum absolute atomic E-state index is 14.2. The Morgan fingerprint density at radius 2 is 1.95 bits per heavy atom. The number of para-hydroxylation sites is 1. The van der Waals surface area contributed by atoms with Gasteiger partial charge in [0.25, 0.3) is 0 Å². The molecule has 0 fully saturated rings. The highest BCUT2D eigenvalue weighted by Gasteiger charge is 2.21. The lowest BCUT2D eigenvalue weighted by Crippen LogP contribution is -2.22. The zero-order valence-corrected chi connectivity index (χ0v) is 12.2. The van der Waals surface area contributed by atoms with Crippen LogP contribution in [0.25, 0.3) is 11.0 Å². The molecular formula is C18H18FNO. The number of hydrogen-bond acceptors (Lipinski definition) is 2. The molecule has 0 spiro atoms. The molecule has 0 amide bonds. The molecule has 3 aromatic rings. The van der Waals surface area contributed by atoms with Crippen LogP contribution in [0.3, 0.4) is 0 Å². The molecule has 0 bridgehead atoms. The fourth-order valence-electron chi connectivity index (χ4n) is 2.60. The van der Waals surface area contributed by atoms with Gasteiger partial charge < -0.3 is 9.73 Å². The van der Waals surface area contributed by atoms with Gasteiger partial charge in [0.15, 0.2) is 0 Å². The van der Waals surface area contributed by atoms with Crippen molar-refractivity contribution >= 4 is 11.0 Å². The van der Waals surface area contributed by atoms with E-state index < -0.39 is 0 Å². The summed E-state index contributed by atoms with van der Waals surface area (Å²) < 4.78 is 20.1. The van der Waals surface area contributed by atoms with Crippen molar-refractivity contribution in [3.05, 3.63) is 71.2 Å². The molecule has 0 saturated heterocycles. The summed E-state index contributed by atoms with van der Waals surface area (Å²) in [4.78, 5) is 0. The summed E-state index contributed by atoms with van der Waals surface area (Å²) in [5.41, 5.74) is 2.48. The molecule has 0 saturated carbocycles. The van der Waals surface area contributed by atoms with Gasteiger partial charge in [0.2, 0.25) is 0 Å². The minimum atomic E-state index is -0.276. The van der Waals surface area contributed by atoms with Crippen LogP contribution in [0.5, 0.6) is 0 Å². The third-order valence-electron chi connectivity index (χ3n) is 3.60. The van der Waals surface area contributed by atoms with E-state index in [0.29, 0.717) is 5.56 Å². The minimum Gasteiger partial charge on any atom is -0.459 e. The first-order chi connectivity index (χ1) is 10.2. The van der Waals surface area contributed by atoms with Gasteiger partial charge in [-0.25, -0.2) is 4.39 Å². The van der Waals surface area contributed by atoms with Gasteiger partial charge >= 0.3 is 0 Å². The monoisotopic (exact) mass is 283 g/mol. The van der Waals surface area contributed by atoms with Crippen molar-refractivity contribution in [1.82, 2.24) is 5.32 Å². The van der Waals surface area contributed by atoms with Gasteiger partial charge in [0.05, 0.1) is 6.04 Å². The zero-order chi connectivity index (χ0) is 14.8. The molecule has 1 atom stereocenters. The second kappa shape index (κ2) is 5.70. The Balaban J connectivity index is 2.10. The molecule has 2 nitrogen and oxygen atoms in total. The number of hydrogen-bond donors (Lipinski definition) is 1. The number of fused-ring (bicyclic) bond motifs is 1. The first-order valence-electron chi connectivity index (χ1n) is 7.17. The second-order valence-electron chi connectivity index (χ2n) is 5.20. The molecule has 2 aromatic carbocycles. The molecule has 21 heavy (non-hydrogen) atoms. The summed E-state index contributed by atoms with van der Waals surface area (Å²) in [6, 6.07) is 14.7. The predicted molar refractivity (Wildman–Crippen MR) is 82.9 cm³/mol. The van der Waals surface area contributed by atoms with Gasteiger partial charge in [-0.3, -0.25) is 0 Å². The standard InChI is InChI=1S/C18H18FNO/c1-3-20-18(14-10-12(2)8-9-15(14)19)17-11-13-6-4-5-7-16(13)21-17/h4-11,18,20H,3H2,1-2H3. The van der Waals surface area contributed by atoms with Crippen LogP contribution in [-0.4, -0.2) is 6.54 Å². The van der Waals surface area contributed by atoms with Gasteiger partial charge in [-0.15, -0.1) is 0 Å². The Morgan fingerprint density at radius 1 is 1.14 bits per heavy atom. The molecule has 1 unspecified atom stereocenters. The van der Waals surface area contributed by atoms with E-state index in [2.05, 4.69) is 5.32 Å². The van der Waals surface area contributed by atoms with Crippen molar-refractivity contribution in [1.29, 1.82) is 0 Å². The average Bonchev–Trinajstić information content (AvgIpc) is 2.91. The molecule has 0 aliphatic rings. The molecule has 3 rings (SSSR count). The fraction of sp³-hybridized carbons (Fsp3) is 0.222. The first kappa shape index (κ1) is 13.8. The van der Waals surface area contributed by atoms with E-state index >= 15 is 0 Å². The number of benzene rings is 2. The van der Waals surface area contributed by atoms with Crippen molar-refractivity contribution in [2.45, 2.75) is 19.9 Å². The molecule has 108 valence electrons. The number of nitrogens with one attached hydrogen (secondary N) is 1. The van der Waals surface area contributed by atoms with Crippen molar-refractivity contribution < 1.29 is 8.81 Å². The van der Waals surface area contributed by atoms with E-state index in [1.165, 1.54) is 6.07 Å².